The summed E-state index contributed by atoms with van der Waals surface area (Å²) in [6, 6.07) is 1.12. The van der Waals surface area contributed by atoms with E-state index < -0.39 is 9.84 Å². The number of hydrogen-bond acceptors (Lipinski definition) is 8. The van der Waals surface area contributed by atoms with Crippen molar-refractivity contribution in [1.82, 2.24) is 15.3 Å². The normalized spacial score (nSPS) is 20.7. The highest BCUT2D eigenvalue weighted by molar-refractivity contribution is 7.99. The van der Waals surface area contributed by atoms with Gasteiger partial charge < -0.3 is 16.8 Å². The molecule has 1 aromatic heterocycles. The van der Waals surface area contributed by atoms with Gasteiger partial charge in [0.05, 0.1) is 17.3 Å². The first-order valence-electron chi connectivity index (χ1n) is 5.87. The van der Waals surface area contributed by atoms with Gasteiger partial charge in [-0.15, -0.1) is 0 Å². The van der Waals surface area contributed by atoms with Crippen molar-refractivity contribution in [2.45, 2.75) is 17.6 Å². The molecule has 10 heteroatoms. The first kappa shape index (κ1) is 14.9. The van der Waals surface area contributed by atoms with Crippen molar-refractivity contribution < 1.29 is 13.2 Å². The van der Waals surface area contributed by atoms with Crippen LogP contribution in [0.1, 0.15) is 6.42 Å². The number of nitrogens with zero attached hydrogens (tertiary/aromatic N) is 2. The smallest absolute Gasteiger partial charge is 0.230 e. The summed E-state index contributed by atoms with van der Waals surface area (Å²) < 4.78 is 22.5. The summed E-state index contributed by atoms with van der Waals surface area (Å²) in [5.74, 6) is 0.427. The third-order valence-corrected chi connectivity index (χ3v) is 5.29. The maximum Gasteiger partial charge on any atom is 0.230 e. The monoisotopic (exact) mass is 317 g/mol. The number of hydrogen-bond donors (Lipinski definition) is 3. The highest BCUT2D eigenvalue weighted by atomic mass is 32.2. The van der Waals surface area contributed by atoms with E-state index in [9.17, 15) is 13.2 Å². The number of nitrogens with two attached hydrogens (primary N) is 2. The molecular weight excluding hydrogens is 302 g/mol. The zero-order chi connectivity index (χ0) is 14.8. The summed E-state index contributed by atoms with van der Waals surface area (Å²) in [6.07, 6.45) is 0.459. The minimum atomic E-state index is -3.00. The van der Waals surface area contributed by atoms with Crippen LogP contribution in [0.15, 0.2) is 11.2 Å². The Morgan fingerprint density at radius 3 is 2.60 bits per heavy atom. The number of rotatable bonds is 4. The van der Waals surface area contributed by atoms with Crippen molar-refractivity contribution in [3.63, 3.8) is 0 Å². The van der Waals surface area contributed by atoms with Gasteiger partial charge in [0.2, 0.25) is 5.91 Å². The molecule has 1 saturated heterocycles. The summed E-state index contributed by atoms with van der Waals surface area (Å²) in [7, 11) is -3.00. The SMILES string of the molecule is Nc1cc(N)nc(SCC(=O)N[C@H]2CCS(=O)(=O)C2)n1. The summed E-state index contributed by atoms with van der Waals surface area (Å²) >= 11 is 1.10. The molecule has 0 saturated carbocycles. The first-order valence-corrected chi connectivity index (χ1v) is 8.67. The van der Waals surface area contributed by atoms with Crippen molar-refractivity contribution in [2.24, 2.45) is 0 Å². The highest BCUT2D eigenvalue weighted by Gasteiger charge is 2.28. The minimum Gasteiger partial charge on any atom is -0.383 e. The van der Waals surface area contributed by atoms with Crippen molar-refractivity contribution in [3.8, 4) is 0 Å². The van der Waals surface area contributed by atoms with Crippen LogP contribution in [0.5, 0.6) is 0 Å². The lowest BCUT2D eigenvalue weighted by Crippen LogP contribution is -2.36. The predicted molar refractivity (Wildman–Crippen MR) is 76.8 cm³/mol. The molecule has 1 fully saturated rings. The number of nitrogens with one attached hydrogen (secondary N) is 1. The fourth-order valence-corrected chi connectivity index (χ4v) is 4.19. The van der Waals surface area contributed by atoms with Gasteiger partial charge in [-0.25, -0.2) is 18.4 Å². The molecule has 1 aliphatic rings. The van der Waals surface area contributed by atoms with Crippen LogP contribution in [-0.4, -0.2) is 47.6 Å². The van der Waals surface area contributed by atoms with E-state index in [1.54, 1.807) is 0 Å². The lowest BCUT2D eigenvalue weighted by atomic mass is 10.3. The van der Waals surface area contributed by atoms with Crippen molar-refractivity contribution >= 4 is 39.1 Å². The molecule has 110 valence electrons. The molecule has 1 aliphatic heterocycles. The second-order valence-corrected chi connectivity index (χ2v) is 7.63. The third kappa shape index (κ3) is 4.23. The van der Waals surface area contributed by atoms with Gasteiger partial charge >= 0.3 is 0 Å². The van der Waals surface area contributed by atoms with Crippen LogP contribution in [0.4, 0.5) is 11.6 Å². The van der Waals surface area contributed by atoms with Gasteiger partial charge in [0.15, 0.2) is 15.0 Å². The molecule has 1 amide bonds. The maximum absolute atomic E-state index is 11.7. The van der Waals surface area contributed by atoms with Crippen LogP contribution in [-0.2, 0) is 14.6 Å². The van der Waals surface area contributed by atoms with Gasteiger partial charge in [-0.3, -0.25) is 4.79 Å². The topological polar surface area (TPSA) is 141 Å². The molecule has 0 aromatic carbocycles. The lowest BCUT2D eigenvalue weighted by molar-refractivity contribution is -0.119. The maximum atomic E-state index is 11.7. The Morgan fingerprint density at radius 2 is 2.05 bits per heavy atom. The van der Waals surface area contributed by atoms with Crippen LogP contribution in [0, 0.1) is 0 Å². The molecule has 0 spiro atoms. The molecule has 5 N–H and O–H groups in total. The fraction of sp³-hybridized carbons (Fsp3) is 0.500. The summed E-state index contributed by atoms with van der Waals surface area (Å²) in [6.45, 7) is 0. The van der Waals surface area contributed by atoms with E-state index in [-0.39, 0.29) is 40.8 Å². The second-order valence-electron chi connectivity index (χ2n) is 4.46. The van der Waals surface area contributed by atoms with Crippen molar-refractivity contribution in [1.29, 1.82) is 0 Å². The van der Waals surface area contributed by atoms with Gasteiger partial charge in [-0.2, -0.15) is 0 Å². The predicted octanol–water partition coefficient (Wildman–Crippen LogP) is -0.964. The number of thioether (sulfide) groups is 1. The van der Waals surface area contributed by atoms with E-state index in [4.69, 9.17) is 11.5 Å². The van der Waals surface area contributed by atoms with E-state index in [0.29, 0.717) is 11.6 Å². The average molecular weight is 317 g/mol. The van der Waals surface area contributed by atoms with Crippen molar-refractivity contribution in [3.05, 3.63) is 6.07 Å². The molecule has 20 heavy (non-hydrogen) atoms. The quantitative estimate of drug-likeness (QED) is 0.476. The number of anilines is 2. The Bertz CT molecular complexity index is 599. The summed E-state index contributed by atoms with van der Waals surface area (Å²) in [5, 5.41) is 2.99. The van der Waals surface area contributed by atoms with E-state index in [1.165, 1.54) is 6.07 Å². The zero-order valence-corrected chi connectivity index (χ0v) is 12.2. The molecule has 8 nitrogen and oxygen atoms in total. The first-order chi connectivity index (χ1) is 9.34. The molecule has 2 heterocycles. The van der Waals surface area contributed by atoms with E-state index in [2.05, 4.69) is 15.3 Å². The van der Waals surface area contributed by atoms with Crippen molar-refractivity contribution in [2.75, 3.05) is 28.7 Å². The highest BCUT2D eigenvalue weighted by Crippen LogP contribution is 2.16. The Balaban J connectivity index is 1.83. The molecule has 0 bridgehead atoms. The molecule has 0 unspecified atom stereocenters. The Hall–Kier alpha value is -1.55. The van der Waals surface area contributed by atoms with Gasteiger partial charge in [0.1, 0.15) is 11.6 Å². The van der Waals surface area contributed by atoms with E-state index >= 15 is 0 Å². The minimum absolute atomic E-state index is 0.00510. The van der Waals surface area contributed by atoms with Gasteiger partial charge in [-0.05, 0) is 6.42 Å². The Morgan fingerprint density at radius 1 is 1.40 bits per heavy atom. The van der Waals surface area contributed by atoms with Crippen LogP contribution >= 0.6 is 11.8 Å². The van der Waals surface area contributed by atoms with Crippen LogP contribution in [0.25, 0.3) is 0 Å². The second kappa shape index (κ2) is 5.83. The standard InChI is InChI=1S/C10H15N5O3S2/c11-7-3-8(12)15-10(14-7)19-4-9(16)13-6-1-2-20(17,18)5-6/h3,6H,1-2,4-5H2,(H,13,16)(H4,11,12,14,15)/t6-/m0/s1. The lowest BCUT2D eigenvalue weighted by Gasteiger charge is -2.10. The molecule has 2 rings (SSSR count). The number of carbonyl (C=O) groups is 1. The Labute approximate surface area is 120 Å². The summed E-state index contributed by atoms with van der Waals surface area (Å²) in [4.78, 5) is 19.6. The van der Waals surface area contributed by atoms with E-state index in [1.807, 2.05) is 0 Å². The zero-order valence-electron chi connectivity index (χ0n) is 10.6. The fourth-order valence-electron chi connectivity index (χ4n) is 1.83. The summed E-state index contributed by atoms with van der Waals surface area (Å²) in [5.41, 5.74) is 11.0. The van der Waals surface area contributed by atoms with Crippen LogP contribution in [0.2, 0.25) is 0 Å². The Kier molecular flexibility index (Phi) is 4.33. The molecule has 1 atom stereocenters. The third-order valence-electron chi connectivity index (χ3n) is 2.68. The van der Waals surface area contributed by atoms with E-state index in [0.717, 1.165) is 11.8 Å². The van der Waals surface area contributed by atoms with Gasteiger partial charge in [0, 0.05) is 12.1 Å². The number of aromatic nitrogens is 2. The number of nitrogen functional groups attached to an aromatic ring is 2. The largest absolute Gasteiger partial charge is 0.383 e. The van der Waals surface area contributed by atoms with Crippen LogP contribution < -0.4 is 16.8 Å². The number of sulfone groups is 1. The molecule has 0 aliphatic carbocycles. The molecule has 1 aromatic rings. The molecular formula is C10H15N5O3S2. The van der Waals surface area contributed by atoms with Crippen LogP contribution in [0.3, 0.4) is 0 Å². The van der Waals surface area contributed by atoms with Gasteiger partial charge in [0.25, 0.3) is 0 Å². The average Bonchev–Trinajstić information content (AvgIpc) is 2.65. The number of carbonyl (C=O) groups excluding carboxylic acids is 1. The number of amides is 1. The van der Waals surface area contributed by atoms with Gasteiger partial charge in [-0.1, -0.05) is 11.8 Å². The molecule has 0 radical (unpaired) electrons.